The molecule has 110 valence electrons. The number of hydrogen-bond acceptors (Lipinski definition) is 3. The van der Waals surface area contributed by atoms with E-state index >= 15 is 0 Å². The van der Waals surface area contributed by atoms with Crippen LogP contribution in [0.2, 0.25) is 0 Å². The predicted octanol–water partition coefficient (Wildman–Crippen LogP) is 2.68. The van der Waals surface area contributed by atoms with Crippen molar-refractivity contribution >= 4 is 0 Å². The molecular formula is C15H30N4. The fraction of sp³-hybridized carbons (Fsp3) is 0.800. The molecule has 1 atom stereocenters. The molecule has 1 aromatic heterocycles. The van der Waals surface area contributed by atoms with Crippen molar-refractivity contribution in [2.24, 2.45) is 0 Å². The van der Waals surface area contributed by atoms with Gasteiger partial charge in [-0.2, -0.15) is 0 Å². The second-order valence-corrected chi connectivity index (χ2v) is 4.89. The smallest absolute Gasteiger partial charge is 0.125 e. The zero-order valence-electron chi connectivity index (χ0n) is 13.0. The first kappa shape index (κ1) is 16.2. The van der Waals surface area contributed by atoms with Crippen LogP contribution in [0.5, 0.6) is 0 Å². The predicted molar refractivity (Wildman–Crippen MR) is 81.3 cm³/mol. The summed E-state index contributed by atoms with van der Waals surface area (Å²) in [6.45, 7) is 14.3. The molecule has 19 heavy (non-hydrogen) atoms. The van der Waals surface area contributed by atoms with Crippen LogP contribution in [0.25, 0.3) is 0 Å². The molecule has 0 aliphatic carbocycles. The molecule has 4 nitrogen and oxygen atoms in total. The van der Waals surface area contributed by atoms with Gasteiger partial charge in [0.15, 0.2) is 0 Å². The molecule has 1 rings (SSSR count). The molecule has 0 radical (unpaired) electrons. The summed E-state index contributed by atoms with van der Waals surface area (Å²) in [6, 6.07) is 0.371. The molecule has 0 aromatic carbocycles. The molecule has 0 amide bonds. The van der Waals surface area contributed by atoms with Gasteiger partial charge in [0.05, 0.1) is 6.04 Å². The van der Waals surface area contributed by atoms with Gasteiger partial charge in [-0.1, -0.05) is 20.8 Å². The normalized spacial score (nSPS) is 13.1. The quantitative estimate of drug-likeness (QED) is 0.707. The van der Waals surface area contributed by atoms with Crippen molar-refractivity contribution in [1.29, 1.82) is 0 Å². The van der Waals surface area contributed by atoms with Crippen molar-refractivity contribution in [3.8, 4) is 0 Å². The molecule has 1 aromatic rings. The lowest BCUT2D eigenvalue weighted by atomic mass is 10.1. The Hall–Kier alpha value is -0.870. The van der Waals surface area contributed by atoms with Crippen molar-refractivity contribution in [2.45, 2.75) is 53.1 Å². The van der Waals surface area contributed by atoms with E-state index in [1.807, 2.05) is 6.20 Å². The van der Waals surface area contributed by atoms with E-state index in [0.29, 0.717) is 6.04 Å². The van der Waals surface area contributed by atoms with Crippen LogP contribution in [-0.4, -0.2) is 40.6 Å². The highest BCUT2D eigenvalue weighted by atomic mass is 15.1. The van der Waals surface area contributed by atoms with Crippen LogP contribution in [0.4, 0.5) is 0 Å². The first-order valence-electron chi connectivity index (χ1n) is 7.73. The van der Waals surface area contributed by atoms with Gasteiger partial charge in [-0.15, -0.1) is 0 Å². The largest absolute Gasteiger partial charge is 0.334 e. The zero-order chi connectivity index (χ0) is 14.1. The van der Waals surface area contributed by atoms with Gasteiger partial charge in [0.1, 0.15) is 5.82 Å². The first-order valence-corrected chi connectivity index (χ1v) is 7.73. The molecule has 4 heteroatoms. The Morgan fingerprint density at radius 3 is 2.58 bits per heavy atom. The van der Waals surface area contributed by atoms with E-state index in [4.69, 9.17) is 0 Å². The minimum Gasteiger partial charge on any atom is -0.334 e. The van der Waals surface area contributed by atoms with Gasteiger partial charge in [-0.3, -0.25) is 0 Å². The minimum atomic E-state index is 0.371. The lowest BCUT2D eigenvalue weighted by molar-refractivity contribution is 0.277. The Morgan fingerprint density at radius 2 is 2.00 bits per heavy atom. The summed E-state index contributed by atoms with van der Waals surface area (Å²) in [5.41, 5.74) is 0. The van der Waals surface area contributed by atoms with Gasteiger partial charge in [-0.05, 0) is 39.4 Å². The van der Waals surface area contributed by atoms with Crippen molar-refractivity contribution in [3.05, 3.63) is 18.2 Å². The van der Waals surface area contributed by atoms with E-state index in [1.165, 1.54) is 5.82 Å². The fourth-order valence-electron chi connectivity index (χ4n) is 2.39. The number of hydrogen-bond donors (Lipinski definition) is 1. The lowest BCUT2D eigenvalue weighted by Gasteiger charge is -2.23. The number of rotatable bonds is 10. The highest BCUT2D eigenvalue weighted by Crippen LogP contribution is 2.16. The Kier molecular flexibility index (Phi) is 7.75. The Balaban J connectivity index is 2.66. The SMILES string of the molecule is CCCNC(CCN(CC)CC)c1nccn1CC. The molecule has 0 fully saturated rings. The van der Waals surface area contributed by atoms with Gasteiger partial charge in [0.25, 0.3) is 0 Å². The van der Waals surface area contributed by atoms with Gasteiger partial charge in [0, 0.05) is 25.5 Å². The number of aromatic nitrogens is 2. The van der Waals surface area contributed by atoms with Crippen LogP contribution in [0.15, 0.2) is 12.4 Å². The highest BCUT2D eigenvalue weighted by Gasteiger charge is 2.16. The minimum absolute atomic E-state index is 0.371. The van der Waals surface area contributed by atoms with E-state index in [9.17, 15) is 0 Å². The van der Waals surface area contributed by atoms with Gasteiger partial charge in [-0.25, -0.2) is 4.98 Å². The third-order valence-corrected chi connectivity index (χ3v) is 3.67. The average Bonchev–Trinajstić information content (AvgIpc) is 2.91. The van der Waals surface area contributed by atoms with E-state index in [-0.39, 0.29) is 0 Å². The van der Waals surface area contributed by atoms with Crippen LogP contribution in [0.3, 0.4) is 0 Å². The second kappa shape index (κ2) is 9.10. The standard InChI is InChI=1S/C15H30N4/c1-5-10-16-14(9-12-18(6-2)7-3)15-17-11-13-19(15)8-4/h11,13-14,16H,5-10,12H2,1-4H3. The van der Waals surface area contributed by atoms with Gasteiger partial charge < -0.3 is 14.8 Å². The van der Waals surface area contributed by atoms with Crippen molar-refractivity contribution in [2.75, 3.05) is 26.2 Å². The molecule has 1 unspecified atom stereocenters. The van der Waals surface area contributed by atoms with E-state index in [0.717, 1.165) is 45.6 Å². The van der Waals surface area contributed by atoms with E-state index in [1.54, 1.807) is 0 Å². The molecule has 0 spiro atoms. The molecule has 1 N–H and O–H groups in total. The third-order valence-electron chi connectivity index (χ3n) is 3.67. The van der Waals surface area contributed by atoms with Gasteiger partial charge >= 0.3 is 0 Å². The molecule has 1 heterocycles. The lowest BCUT2D eigenvalue weighted by Crippen LogP contribution is -2.31. The van der Waals surface area contributed by atoms with Crippen molar-refractivity contribution < 1.29 is 0 Å². The Bertz CT molecular complexity index is 331. The summed E-state index contributed by atoms with van der Waals surface area (Å²) in [5, 5.41) is 3.64. The van der Waals surface area contributed by atoms with Gasteiger partial charge in [0.2, 0.25) is 0 Å². The topological polar surface area (TPSA) is 33.1 Å². The van der Waals surface area contributed by atoms with Crippen LogP contribution >= 0.6 is 0 Å². The number of imidazole rings is 1. The highest BCUT2D eigenvalue weighted by molar-refractivity contribution is 4.99. The summed E-state index contributed by atoms with van der Waals surface area (Å²) in [6.07, 6.45) is 6.28. The Labute approximate surface area is 118 Å². The zero-order valence-corrected chi connectivity index (χ0v) is 13.0. The molecule has 0 aliphatic heterocycles. The summed E-state index contributed by atoms with van der Waals surface area (Å²) in [7, 11) is 0. The molecule has 0 bridgehead atoms. The first-order chi connectivity index (χ1) is 9.26. The van der Waals surface area contributed by atoms with Crippen LogP contribution in [0.1, 0.15) is 52.4 Å². The summed E-state index contributed by atoms with van der Waals surface area (Å²) in [4.78, 5) is 7.02. The summed E-state index contributed by atoms with van der Waals surface area (Å²) >= 11 is 0. The fourth-order valence-corrected chi connectivity index (χ4v) is 2.39. The molecule has 0 saturated carbocycles. The van der Waals surface area contributed by atoms with Crippen LogP contribution in [-0.2, 0) is 6.54 Å². The van der Waals surface area contributed by atoms with E-state index < -0.39 is 0 Å². The maximum absolute atomic E-state index is 4.55. The van der Waals surface area contributed by atoms with Crippen LogP contribution in [0, 0.1) is 0 Å². The monoisotopic (exact) mass is 266 g/mol. The number of nitrogens with zero attached hydrogens (tertiary/aromatic N) is 3. The molecular weight excluding hydrogens is 236 g/mol. The second-order valence-electron chi connectivity index (χ2n) is 4.89. The number of nitrogens with one attached hydrogen (secondary N) is 1. The summed E-state index contributed by atoms with van der Waals surface area (Å²) < 4.78 is 2.25. The van der Waals surface area contributed by atoms with E-state index in [2.05, 4.69) is 53.7 Å². The maximum atomic E-state index is 4.55. The Morgan fingerprint density at radius 1 is 1.26 bits per heavy atom. The maximum Gasteiger partial charge on any atom is 0.125 e. The van der Waals surface area contributed by atoms with Crippen molar-refractivity contribution in [3.63, 3.8) is 0 Å². The number of aryl methyl sites for hydroxylation is 1. The summed E-state index contributed by atoms with van der Waals surface area (Å²) in [5.74, 6) is 1.18. The third kappa shape index (κ3) is 4.96. The van der Waals surface area contributed by atoms with Crippen LogP contribution < -0.4 is 5.32 Å². The molecule has 0 aliphatic rings. The average molecular weight is 266 g/mol. The van der Waals surface area contributed by atoms with Crippen molar-refractivity contribution in [1.82, 2.24) is 19.8 Å². The molecule has 0 saturated heterocycles.